The van der Waals surface area contributed by atoms with Crippen LogP contribution in [0.15, 0.2) is 40.9 Å². The van der Waals surface area contributed by atoms with Crippen LogP contribution < -0.4 is 4.90 Å². The molecule has 0 saturated carbocycles. The molecule has 0 fully saturated rings. The second-order valence-corrected chi connectivity index (χ2v) is 5.81. The summed E-state index contributed by atoms with van der Waals surface area (Å²) in [5, 5.41) is 0. The predicted octanol–water partition coefficient (Wildman–Crippen LogP) is 4.32. The van der Waals surface area contributed by atoms with Crippen LogP contribution in [-0.2, 0) is 6.42 Å². The Morgan fingerprint density at radius 2 is 1.81 bits per heavy atom. The fraction of sp³-hybridized carbons (Fsp3) is 0.188. The number of aryl methyl sites for hydroxylation is 1. The van der Waals surface area contributed by atoms with Gasteiger partial charge in [-0.25, -0.2) is 8.78 Å². The van der Waals surface area contributed by atoms with E-state index in [1.807, 2.05) is 0 Å². The average Bonchev–Trinajstić information content (AvgIpc) is 2.46. The van der Waals surface area contributed by atoms with E-state index in [-0.39, 0.29) is 11.7 Å². The predicted molar refractivity (Wildman–Crippen MR) is 80.5 cm³/mol. The first-order valence-corrected chi connectivity index (χ1v) is 7.41. The monoisotopic (exact) mass is 351 g/mol. The van der Waals surface area contributed by atoms with E-state index in [2.05, 4.69) is 15.9 Å². The first-order valence-electron chi connectivity index (χ1n) is 6.61. The summed E-state index contributed by atoms with van der Waals surface area (Å²) in [6.07, 6.45) is 1.65. The minimum atomic E-state index is -0.413. The molecule has 0 unspecified atom stereocenters. The van der Waals surface area contributed by atoms with E-state index in [4.69, 9.17) is 0 Å². The van der Waals surface area contributed by atoms with Gasteiger partial charge in [0.2, 0.25) is 0 Å². The van der Waals surface area contributed by atoms with E-state index in [9.17, 15) is 13.6 Å². The SMILES string of the molecule is O=C(c1ccc(F)cc1Br)N1CCCc2ccc(F)cc21. The van der Waals surface area contributed by atoms with E-state index in [1.165, 1.54) is 30.3 Å². The van der Waals surface area contributed by atoms with E-state index >= 15 is 0 Å². The van der Waals surface area contributed by atoms with Gasteiger partial charge < -0.3 is 4.90 Å². The molecule has 0 bridgehead atoms. The van der Waals surface area contributed by atoms with Crippen LogP contribution in [0.2, 0.25) is 0 Å². The molecule has 0 spiro atoms. The summed E-state index contributed by atoms with van der Waals surface area (Å²) in [5.41, 5.74) is 1.92. The highest BCUT2D eigenvalue weighted by atomic mass is 79.9. The van der Waals surface area contributed by atoms with Crippen molar-refractivity contribution in [1.29, 1.82) is 0 Å². The Labute approximate surface area is 129 Å². The first-order chi connectivity index (χ1) is 10.1. The van der Waals surface area contributed by atoms with Crippen LogP contribution in [-0.4, -0.2) is 12.5 Å². The lowest BCUT2D eigenvalue weighted by Crippen LogP contribution is -2.35. The number of fused-ring (bicyclic) bond motifs is 1. The lowest BCUT2D eigenvalue weighted by atomic mass is 10.0. The van der Waals surface area contributed by atoms with Gasteiger partial charge in [-0.15, -0.1) is 0 Å². The molecule has 2 nitrogen and oxygen atoms in total. The molecule has 108 valence electrons. The molecule has 2 aromatic rings. The van der Waals surface area contributed by atoms with Crippen molar-refractivity contribution in [3.8, 4) is 0 Å². The molecule has 0 saturated heterocycles. The van der Waals surface area contributed by atoms with Crippen LogP contribution in [0.1, 0.15) is 22.3 Å². The van der Waals surface area contributed by atoms with Crippen molar-refractivity contribution in [2.45, 2.75) is 12.8 Å². The second kappa shape index (κ2) is 5.56. The van der Waals surface area contributed by atoms with E-state index in [0.717, 1.165) is 18.4 Å². The van der Waals surface area contributed by atoms with Gasteiger partial charge in [0.1, 0.15) is 11.6 Å². The topological polar surface area (TPSA) is 20.3 Å². The average molecular weight is 352 g/mol. The van der Waals surface area contributed by atoms with Gasteiger partial charge in [0.25, 0.3) is 5.91 Å². The van der Waals surface area contributed by atoms with Gasteiger partial charge in [0, 0.05) is 11.0 Å². The fourth-order valence-corrected chi connectivity index (χ4v) is 3.09. The van der Waals surface area contributed by atoms with Crippen molar-refractivity contribution in [3.63, 3.8) is 0 Å². The number of nitrogens with zero attached hydrogens (tertiary/aromatic N) is 1. The Hall–Kier alpha value is -1.75. The number of carbonyl (C=O) groups excluding carboxylic acids is 1. The summed E-state index contributed by atoms with van der Waals surface area (Å²) in [6.45, 7) is 0.527. The molecule has 1 aliphatic heterocycles. The van der Waals surface area contributed by atoms with Crippen molar-refractivity contribution in [2.75, 3.05) is 11.4 Å². The highest BCUT2D eigenvalue weighted by molar-refractivity contribution is 9.10. The lowest BCUT2D eigenvalue weighted by Gasteiger charge is -2.29. The smallest absolute Gasteiger partial charge is 0.259 e. The molecule has 0 aliphatic carbocycles. The molecule has 2 aromatic carbocycles. The molecule has 0 radical (unpaired) electrons. The zero-order chi connectivity index (χ0) is 15.0. The van der Waals surface area contributed by atoms with Crippen LogP contribution in [0.3, 0.4) is 0 Å². The van der Waals surface area contributed by atoms with Gasteiger partial charge in [-0.1, -0.05) is 6.07 Å². The Kier molecular flexibility index (Phi) is 3.76. The van der Waals surface area contributed by atoms with E-state index in [0.29, 0.717) is 22.3 Å². The molecule has 1 heterocycles. The van der Waals surface area contributed by atoms with Gasteiger partial charge in [-0.05, 0) is 64.7 Å². The third kappa shape index (κ3) is 2.70. The molecule has 1 amide bonds. The number of amides is 1. The number of halogens is 3. The number of hydrogen-bond acceptors (Lipinski definition) is 1. The van der Waals surface area contributed by atoms with Crippen molar-refractivity contribution >= 4 is 27.5 Å². The summed E-state index contributed by atoms with van der Waals surface area (Å²) < 4.78 is 27.0. The third-order valence-corrected chi connectivity index (χ3v) is 4.23. The zero-order valence-electron chi connectivity index (χ0n) is 11.1. The number of carbonyl (C=O) groups is 1. The van der Waals surface area contributed by atoms with Crippen molar-refractivity contribution < 1.29 is 13.6 Å². The van der Waals surface area contributed by atoms with E-state index in [1.54, 1.807) is 11.0 Å². The molecule has 0 aromatic heterocycles. The third-order valence-electron chi connectivity index (χ3n) is 3.57. The minimum absolute atomic E-state index is 0.256. The summed E-state index contributed by atoms with van der Waals surface area (Å²) in [4.78, 5) is 14.2. The van der Waals surface area contributed by atoms with Crippen LogP contribution in [0, 0.1) is 11.6 Å². The Balaban J connectivity index is 2.02. The zero-order valence-corrected chi connectivity index (χ0v) is 12.7. The highest BCUT2D eigenvalue weighted by Crippen LogP contribution is 2.30. The van der Waals surface area contributed by atoms with Crippen LogP contribution in [0.25, 0.3) is 0 Å². The number of anilines is 1. The molecule has 1 aliphatic rings. The van der Waals surface area contributed by atoms with Gasteiger partial charge in [0.05, 0.1) is 11.3 Å². The normalized spacial score (nSPS) is 14.0. The maximum absolute atomic E-state index is 13.5. The first kappa shape index (κ1) is 14.2. The van der Waals surface area contributed by atoms with E-state index < -0.39 is 5.82 Å². The Bertz CT molecular complexity index is 717. The molecule has 0 atom stereocenters. The summed E-state index contributed by atoms with van der Waals surface area (Å²) in [6, 6.07) is 8.43. The molecule has 5 heteroatoms. The number of benzene rings is 2. The second-order valence-electron chi connectivity index (χ2n) is 4.96. The largest absolute Gasteiger partial charge is 0.308 e. The van der Waals surface area contributed by atoms with Gasteiger partial charge in [-0.3, -0.25) is 4.79 Å². The Morgan fingerprint density at radius 1 is 1.10 bits per heavy atom. The summed E-state index contributed by atoms with van der Waals surface area (Å²) in [7, 11) is 0. The standard InChI is InChI=1S/C16H12BrF2NO/c17-14-8-11(18)5-6-13(14)16(21)20-7-1-2-10-3-4-12(19)9-15(10)20/h3-6,8-9H,1-2,7H2. The maximum atomic E-state index is 13.5. The van der Waals surface area contributed by atoms with Crippen LogP contribution in [0.4, 0.5) is 14.5 Å². The van der Waals surface area contributed by atoms with Crippen LogP contribution in [0.5, 0.6) is 0 Å². The number of hydrogen-bond donors (Lipinski definition) is 0. The fourth-order valence-electron chi connectivity index (χ4n) is 2.57. The summed E-state index contributed by atoms with van der Waals surface area (Å²) >= 11 is 3.21. The minimum Gasteiger partial charge on any atom is -0.308 e. The molecular formula is C16H12BrF2NO. The molecule has 21 heavy (non-hydrogen) atoms. The van der Waals surface area contributed by atoms with Crippen molar-refractivity contribution in [3.05, 3.63) is 63.6 Å². The molecule has 0 N–H and O–H groups in total. The van der Waals surface area contributed by atoms with Gasteiger partial charge >= 0.3 is 0 Å². The number of rotatable bonds is 1. The van der Waals surface area contributed by atoms with Crippen molar-refractivity contribution in [2.24, 2.45) is 0 Å². The summed E-state index contributed by atoms with van der Waals surface area (Å²) in [5.74, 6) is -1.04. The maximum Gasteiger partial charge on any atom is 0.259 e. The Morgan fingerprint density at radius 3 is 2.57 bits per heavy atom. The van der Waals surface area contributed by atoms with Crippen LogP contribution >= 0.6 is 15.9 Å². The van der Waals surface area contributed by atoms with Crippen molar-refractivity contribution in [1.82, 2.24) is 0 Å². The highest BCUT2D eigenvalue weighted by Gasteiger charge is 2.25. The van der Waals surface area contributed by atoms with Gasteiger partial charge in [0.15, 0.2) is 0 Å². The molecule has 3 rings (SSSR count). The lowest BCUT2D eigenvalue weighted by molar-refractivity contribution is 0.0984. The van der Waals surface area contributed by atoms with Gasteiger partial charge in [-0.2, -0.15) is 0 Å². The quantitative estimate of drug-likeness (QED) is 0.749. The molecular weight excluding hydrogens is 340 g/mol.